The van der Waals surface area contributed by atoms with Gasteiger partial charge < -0.3 is 20.9 Å². The lowest BCUT2D eigenvalue weighted by Crippen LogP contribution is -2.75. The van der Waals surface area contributed by atoms with E-state index >= 15 is 0 Å². The highest BCUT2D eigenvalue weighted by atomic mass is 16.5. The van der Waals surface area contributed by atoms with Gasteiger partial charge in [-0.1, -0.05) is 13.8 Å². The summed E-state index contributed by atoms with van der Waals surface area (Å²) in [6.45, 7) is 7.40. The first-order valence-electron chi connectivity index (χ1n) is 7.19. The molecule has 0 bridgehead atoms. The molecule has 5 heteroatoms. The molecule has 4 N–H and O–H groups in total. The van der Waals surface area contributed by atoms with Crippen molar-refractivity contribution in [2.75, 3.05) is 19.8 Å². The van der Waals surface area contributed by atoms with Gasteiger partial charge in [0.2, 0.25) is 5.91 Å². The van der Waals surface area contributed by atoms with E-state index in [9.17, 15) is 4.79 Å². The smallest absolute Gasteiger partial charge is 0.240 e. The molecule has 1 rings (SSSR count). The van der Waals surface area contributed by atoms with Crippen molar-refractivity contribution in [1.29, 1.82) is 0 Å². The molecule has 0 spiro atoms. The molecule has 112 valence electrons. The van der Waals surface area contributed by atoms with Gasteiger partial charge in [-0.3, -0.25) is 4.79 Å². The maximum absolute atomic E-state index is 12.2. The van der Waals surface area contributed by atoms with Gasteiger partial charge in [0.25, 0.3) is 0 Å². The molecule has 1 saturated carbocycles. The Morgan fingerprint density at radius 2 is 2.11 bits per heavy atom. The third-order valence-corrected chi connectivity index (χ3v) is 4.36. The van der Waals surface area contributed by atoms with E-state index in [2.05, 4.69) is 5.32 Å². The van der Waals surface area contributed by atoms with Crippen molar-refractivity contribution in [3.8, 4) is 0 Å². The van der Waals surface area contributed by atoms with Gasteiger partial charge in [0.05, 0.1) is 6.10 Å². The topological polar surface area (TPSA) is 84.6 Å². The molecule has 0 aromatic heterocycles. The average molecular weight is 272 g/mol. The fourth-order valence-electron chi connectivity index (χ4n) is 2.59. The van der Waals surface area contributed by atoms with Gasteiger partial charge >= 0.3 is 0 Å². The van der Waals surface area contributed by atoms with Crippen LogP contribution in [0.3, 0.4) is 0 Å². The quantitative estimate of drug-likeness (QED) is 0.571. The normalized spacial score (nSPS) is 28.8. The molecule has 0 saturated heterocycles. The van der Waals surface area contributed by atoms with E-state index in [0.29, 0.717) is 19.6 Å². The number of ether oxygens (including phenoxy) is 1. The summed E-state index contributed by atoms with van der Waals surface area (Å²) in [5.41, 5.74) is 5.09. The van der Waals surface area contributed by atoms with Crippen LogP contribution in [0.1, 0.15) is 46.5 Å². The van der Waals surface area contributed by atoms with E-state index in [1.807, 2.05) is 20.8 Å². The van der Waals surface area contributed by atoms with Crippen LogP contribution >= 0.6 is 0 Å². The summed E-state index contributed by atoms with van der Waals surface area (Å²) < 4.78 is 5.61. The second-order valence-electron chi connectivity index (χ2n) is 5.88. The zero-order chi connectivity index (χ0) is 14.5. The highest BCUT2D eigenvalue weighted by Gasteiger charge is 2.62. The molecule has 0 aromatic carbocycles. The van der Waals surface area contributed by atoms with E-state index in [-0.39, 0.29) is 24.0 Å². The summed E-state index contributed by atoms with van der Waals surface area (Å²) in [7, 11) is 0. The largest absolute Gasteiger partial charge is 0.396 e. The first-order chi connectivity index (χ1) is 8.90. The Morgan fingerprint density at radius 1 is 1.42 bits per heavy atom. The van der Waals surface area contributed by atoms with E-state index in [0.717, 1.165) is 19.3 Å². The summed E-state index contributed by atoms with van der Waals surface area (Å²) in [5.74, 6) is -0.0857. The summed E-state index contributed by atoms with van der Waals surface area (Å²) >= 11 is 0. The molecule has 0 radical (unpaired) electrons. The van der Waals surface area contributed by atoms with Crippen molar-refractivity contribution in [3.05, 3.63) is 0 Å². The molecule has 0 heterocycles. The Hall–Kier alpha value is -0.650. The zero-order valence-electron chi connectivity index (χ0n) is 12.4. The van der Waals surface area contributed by atoms with Crippen LogP contribution in [-0.4, -0.2) is 42.4 Å². The third-order valence-electron chi connectivity index (χ3n) is 4.36. The molecule has 19 heavy (non-hydrogen) atoms. The average Bonchev–Trinajstić information content (AvgIpc) is 2.37. The van der Waals surface area contributed by atoms with Crippen LogP contribution in [0.25, 0.3) is 0 Å². The van der Waals surface area contributed by atoms with Gasteiger partial charge in [0.1, 0.15) is 5.54 Å². The van der Waals surface area contributed by atoms with Crippen molar-refractivity contribution in [2.45, 2.75) is 58.1 Å². The molecule has 1 aliphatic carbocycles. The van der Waals surface area contributed by atoms with Gasteiger partial charge in [-0.2, -0.15) is 0 Å². The lowest BCUT2D eigenvalue weighted by atomic mass is 9.54. The lowest BCUT2D eigenvalue weighted by Gasteiger charge is -2.57. The van der Waals surface area contributed by atoms with Crippen molar-refractivity contribution in [2.24, 2.45) is 11.1 Å². The highest BCUT2D eigenvalue weighted by molar-refractivity contribution is 5.88. The Morgan fingerprint density at radius 3 is 2.63 bits per heavy atom. The number of nitrogens with one attached hydrogen (secondary N) is 1. The molecular formula is C14H28N2O3. The highest BCUT2D eigenvalue weighted by Crippen LogP contribution is 2.49. The minimum absolute atomic E-state index is 0.0580. The number of aliphatic hydroxyl groups excluding tert-OH is 1. The Kier molecular flexibility index (Phi) is 5.77. The van der Waals surface area contributed by atoms with Crippen molar-refractivity contribution >= 4 is 5.91 Å². The summed E-state index contributed by atoms with van der Waals surface area (Å²) in [4.78, 5) is 12.2. The number of aliphatic hydroxyl groups is 1. The molecule has 1 amide bonds. The number of carbonyl (C=O) groups is 1. The SMILES string of the molecule is CCOC1CC(N)(C(=O)NCCCCCO)C1(C)C. The molecule has 1 aliphatic rings. The van der Waals surface area contributed by atoms with Crippen LogP contribution in [0.2, 0.25) is 0 Å². The number of rotatable bonds is 8. The predicted octanol–water partition coefficient (Wildman–Crippen LogP) is 0.798. The van der Waals surface area contributed by atoms with Gasteiger partial charge in [-0.05, 0) is 26.2 Å². The summed E-state index contributed by atoms with van der Waals surface area (Å²) in [6.07, 6.45) is 3.21. The molecule has 5 nitrogen and oxygen atoms in total. The second kappa shape index (κ2) is 6.68. The van der Waals surface area contributed by atoms with Gasteiger partial charge in [0.15, 0.2) is 0 Å². The van der Waals surface area contributed by atoms with Gasteiger partial charge in [0, 0.05) is 31.6 Å². The Bertz CT molecular complexity index is 307. The number of hydrogen-bond donors (Lipinski definition) is 3. The summed E-state index contributed by atoms with van der Waals surface area (Å²) in [6, 6.07) is 0. The van der Waals surface area contributed by atoms with Crippen LogP contribution in [0.5, 0.6) is 0 Å². The fourth-order valence-corrected chi connectivity index (χ4v) is 2.59. The van der Waals surface area contributed by atoms with Crippen molar-refractivity contribution in [1.82, 2.24) is 5.32 Å². The Balaban J connectivity index is 2.40. The number of carbonyl (C=O) groups excluding carboxylic acids is 1. The van der Waals surface area contributed by atoms with E-state index in [4.69, 9.17) is 15.6 Å². The number of nitrogens with two attached hydrogens (primary N) is 1. The van der Waals surface area contributed by atoms with Crippen LogP contribution in [-0.2, 0) is 9.53 Å². The van der Waals surface area contributed by atoms with Crippen LogP contribution in [0.4, 0.5) is 0 Å². The van der Waals surface area contributed by atoms with Gasteiger partial charge in [-0.25, -0.2) is 0 Å². The molecule has 1 fully saturated rings. The minimum atomic E-state index is -0.830. The number of hydrogen-bond acceptors (Lipinski definition) is 4. The monoisotopic (exact) mass is 272 g/mol. The molecule has 2 unspecified atom stereocenters. The van der Waals surface area contributed by atoms with Crippen LogP contribution in [0, 0.1) is 5.41 Å². The molecular weight excluding hydrogens is 244 g/mol. The fraction of sp³-hybridized carbons (Fsp3) is 0.929. The first kappa shape index (κ1) is 16.4. The van der Waals surface area contributed by atoms with Crippen LogP contribution in [0.15, 0.2) is 0 Å². The van der Waals surface area contributed by atoms with Crippen molar-refractivity contribution in [3.63, 3.8) is 0 Å². The predicted molar refractivity (Wildman–Crippen MR) is 74.7 cm³/mol. The maximum Gasteiger partial charge on any atom is 0.240 e. The third kappa shape index (κ3) is 3.27. The molecule has 2 atom stereocenters. The van der Waals surface area contributed by atoms with E-state index in [1.54, 1.807) is 0 Å². The summed E-state index contributed by atoms with van der Waals surface area (Å²) in [5, 5.41) is 11.6. The van der Waals surface area contributed by atoms with Crippen LogP contribution < -0.4 is 11.1 Å². The number of amides is 1. The van der Waals surface area contributed by atoms with Gasteiger partial charge in [-0.15, -0.1) is 0 Å². The van der Waals surface area contributed by atoms with E-state index in [1.165, 1.54) is 0 Å². The molecule has 0 aromatic rings. The standard InChI is InChI=1S/C14H28N2O3/c1-4-19-11-10-14(15,13(11,2)3)12(18)16-8-6-5-7-9-17/h11,17H,4-10,15H2,1-3H3,(H,16,18). The molecule has 0 aliphatic heterocycles. The lowest BCUT2D eigenvalue weighted by molar-refractivity contribution is -0.170. The minimum Gasteiger partial charge on any atom is -0.396 e. The zero-order valence-corrected chi connectivity index (χ0v) is 12.4. The Labute approximate surface area is 115 Å². The first-order valence-corrected chi connectivity index (χ1v) is 7.19. The second-order valence-corrected chi connectivity index (χ2v) is 5.88. The van der Waals surface area contributed by atoms with E-state index < -0.39 is 5.54 Å². The maximum atomic E-state index is 12.2. The van der Waals surface area contributed by atoms with Crippen molar-refractivity contribution < 1.29 is 14.6 Å². The number of unbranched alkanes of at least 4 members (excludes halogenated alkanes) is 2.